The summed E-state index contributed by atoms with van der Waals surface area (Å²) in [6.07, 6.45) is -3.31. The van der Waals surface area contributed by atoms with Crippen molar-refractivity contribution in [3.63, 3.8) is 0 Å². The van der Waals surface area contributed by atoms with Crippen molar-refractivity contribution in [1.29, 1.82) is 0 Å². The minimum atomic E-state index is -4.65. The Balaban J connectivity index is 2.05. The van der Waals surface area contributed by atoms with Gasteiger partial charge in [0.1, 0.15) is 5.69 Å². The van der Waals surface area contributed by atoms with E-state index in [2.05, 4.69) is 10.3 Å². The Morgan fingerprint density at radius 3 is 2.50 bits per heavy atom. The number of nitrogens with zero attached hydrogens (tertiary/aromatic N) is 2. The van der Waals surface area contributed by atoms with Crippen molar-refractivity contribution >= 4 is 40.7 Å². The van der Waals surface area contributed by atoms with Gasteiger partial charge in [-0.3, -0.25) is 14.6 Å². The van der Waals surface area contributed by atoms with E-state index in [4.69, 9.17) is 23.2 Å². The Morgan fingerprint density at radius 2 is 1.88 bits per heavy atom. The highest BCUT2D eigenvalue weighted by Gasteiger charge is 2.33. The highest BCUT2D eigenvalue weighted by molar-refractivity contribution is 6.31. The van der Waals surface area contributed by atoms with Gasteiger partial charge in [0.05, 0.1) is 17.1 Å². The van der Waals surface area contributed by atoms with Crippen LogP contribution in [-0.2, 0) is 11.0 Å². The van der Waals surface area contributed by atoms with Gasteiger partial charge in [0.25, 0.3) is 5.91 Å². The molecule has 26 heavy (non-hydrogen) atoms. The molecule has 10 heteroatoms. The number of nitrogens with one attached hydrogen (secondary N) is 1. The summed E-state index contributed by atoms with van der Waals surface area (Å²) >= 11 is 11.3. The SMILES string of the molecule is CN(CC(=O)Nc1ccc(Cl)c(C(F)(F)F)c1)C(=O)c1cc(Cl)ccn1. The maximum atomic E-state index is 12.8. The van der Waals surface area contributed by atoms with E-state index in [9.17, 15) is 22.8 Å². The zero-order chi connectivity index (χ0) is 19.5. The molecule has 138 valence electrons. The minimum absolute atomic E-state index is 0.0404. The van der Waals surface area contributed by atoms with Crippen LogP contribution in [0.3, 0.4) is 0 Å². The number of likely N-dealkylation sites (N-methyl/N-ethyl adjacent to an activating group) is 1. The van der Waals surface area contributed by atoms with Gasteiger partial charge in [-0.1, -0.05) is 23.2 Å². The molecule has 1 N–H and O–H groups in total. The average molecular weight is 406 g/mol. The Bertz CT molecular complexity index is 844. The van der Waals surface area contributed by atoms with E-state index in [1.807, 2.05) is 0 Å². The van der Waals surface area contributed by atoms with E-state index in [1.165, 1.54) is 31.4 Å². The Labute approximate surface area is 156 Å². The molecule has 2 aromatic rings. The van der Waals surface area contributed by atoms with Crippen LogP contribution in [0.4, 0.5) is 18.9 Å². The van der Waals surface area contributed by atoms with E-state index < -0.39 is 35.1 Å². The Morgan fingerprint density at radius 1 is 1.19 bits per heavy atom. The van der Waals surface area contributed by atoms with E-state index in [1.54, 1.807) is 0 Å². The molecule has 5 nitrogen and oxygen atoms in total. The number of aromatic nitrogens is 1. The third kappa shape index (κ3) is 5.09. The molecular formula is C16H12Cl2F3N3O2. The van der Waals surface area contributed by atoms with Crippen LogP contribution < -0.4 is 5.32 Å². The number of halogens is 5. The van der Waals surface area contributed by atoms with Crippen molar-refractivity contribution in [2.75, 3.05) is 18.9 Å². The molecule has 1 aromatic heterocycles. The molecule has 1 aromatic carbocycles. The first-order valence-electron chi connectivity index (χ1n) is 7.11. The van der Waals surface area contributed by atoms with Gasteiger partial charge in [0.15, 0.2) is 0 Å². The summed E-state index contributed by atoms with van der Waals surface area (Å²) in [7, 11) is 1.35. The van der Waals surface area contributed by atoms with Crippen LogP contribution in [-0.4, -0.2) is 35.3 Å². The fourth-order valence-corrected chi connectivity index (χ4v) is 2.41. The molecule has 0 spiro atoms. The van der Waals surface area contributed by atoms with Crippen LogP contribution in [0, 0.1) is 0 Å². The highest BCUT2D eigenvalue weighted by Crippen LogP contribution is 2.36. The van der Waals surface area contributed by atoms with Gasteiger partial charge in [0.2, 0.25) is 5.91 Å². The predicted octanol–water partition coefficient (Wildman–Crippen LogP) is 4.12. The van der Waals surface area contributed by atoms with E-state index in [0.29, 0.717) is 5.02 Å². The quantitative estimate of drug-likeness (QED) is 0.831. The van der Waals surface area contributed by atoms with Crippen molar-refractivity contribution < 1.29 is 22.8 Å². The second-order valence-corrected chi connectivity index (χ2v) is 6.10. The van der Waals surface area contributed by atoms with Crippen LogP contribution in [0.25, 0.3) is 0 Å². The van der Waals surface area contributed by atoms with Crippen LogP contribution in [0.2, 0.25) is 10.0 Å². The molecule has 0 aliphatic carbocycles. The summed E-state index contributed by atoms with van der Waals surface area (Å²) in [5.74, 6) is -1.24. The van der Waals surface area contributed by atoms with Gasteiger partial charge in [-0.2, -0.15) is 13.2 Å². The molecule has 0 atom stereocenters. The maximum Gasteiger partial charge on any atom is 0.417 e. The van der Waals surface area contributed by atoms with Gasteiger partial charge in [-0.15, -0.1) is 0 Å². The molecule has 0 aliphatic heterocycles. The molecule has 1 heterocycles. The number of amides is 2. The summed E-state index contributed by atoms with van der Waals surface area (Å²) in [6.45, 7) is -0.392. The number of alkyl halides is 3. The minimum Gasteiger partial charge on any atom is -0.331 e. The van der Waals surface area contributed by atoms with Crippen molar-refractivity contribution in [3.8, 4) is 0 Å². The molecule has 0 radical (unpaired) electrons. The van der Waals surface area contributed by atoms with E-state index in [-0.39, 0.29) is 11.4 Å². The zero-order valence-corrected chi connectivity index (χ0v) is 14.8. The summed E-state index contributed by atoms with van der Waals surface area (Å²) in [5.41, 5.74) is -1.11. The van der Waals surface area contributed by atoms with Crippen LogP contribution in [0.5, 0.6) is 0 Å². The lowest BCUT2D eigenvalue weighted by Crippen LogP contribution is -2.35. The van der Waals surface area contributed by atoms with E-state index >= 15 is 0 Å². The smallest absolute Gasteiger partial charge is 0.331 e. The first-order chi connectivity index (χ1) is 12.1. The van der Waals surface area contributed by atoms with Crippen LogP contribution in [0.15, 0.2) is 36.5 Å². The normalized spacial score (nSPS) is 11.2. The lowest BCUT2D eigenvalue weighted by atomic mass is 10.2. The zero-order valence-electron chi connectivity index (χ0n) is 13.3. The molecule has 2 amide bonds. The number of pyridine rings is 1. The van der Waals surface area contributed by atoms with Crippen LogP contribution in [0.1, 0.15) is 16.1 Å². The monoisotopic (exact) mass is 405 g/mol. The molecule has 0 unspecified atom stereocenters. The Hall–Kier alpha value is -2.32. The molecule has 0 saturated heterocycles. The number of carbonyl (C=O) groups excluding carboxylic acids is 2. The first-order valence-corrected chi connectivity index (χ1v) is 7.87. The fraction of sp³-hybridized carbons (Fsp3) is 0.188. The number of hydrogen-bond donors (Lipinski definition) is 1. The summed E-state index contributed by atoms with van der Waals surface area (Å²) in [4.78, 5) is 29.1. The third-order valence-electron chi connectivity index (χ3n) is 3.22. The Kier molecular flexibility index (Phi) is 6.09. The largest absolute Gasteiger partial charge is 0.417 e. The van der Waals surface area contributed by atoms with Gasteiger partial charge in [-0.25, -0.2) is 0 Å². The number of carbonyl (C=O) groups is 2. The lowest BCUT2D eigenvalue weighted by Gasteiger charge is -2.17. The molecule has 0 saturated carbocycles. The van der Waals surface area contributed by atoms with Crippen molar-refractivity contribution in [1.82, 2.24) is 9.88 Å². The van der Waals surface area contributed by atoms with Crippen molar-refractivity contribution in [2.45, 2.75) is 6.18 Å². The second kappa shape index (κ2) is 7.92. The maximum absolute atomic E-state index is 12.8. The summed E-state index contributed by atoms with van der Waals surface area (Å²) < 4.78 is 38.5. The molecular weight excluding hydrogens is 394 g/mol. The molecule has 2 rings (SSSR count). The predicted molar refractivity (Wildman–Crippen MR) is 91.3 cm³/mol. The van der Waals surface area contributed by atoms with E-state index in [0.717, 1.165) is 17.0 Å². The number of rotatable bonds is 4. The van der Waals surface area contributed by atoms with Gasteiger partial charge >= 0.3 is 6.18 Å². The molecule has 0 fully saturated rings. The number of benzene rings is 1. The summed E-state index contributed by atoms with van der Waals surface area (Å²) in [5, 5.41) is 2.12. The van der Waals surface area contributed by atoms with Crippen molar-refractivity contribution in [3.05, 3.63) is 57.8 Å². The standard InChI is InChI=1S/C16H12Cl2F3N3O2/c1-24(15(26)13-6-9(17)4-5-22-13)8-14(25)23-10-2-3-12(18)11(7-10)16(19,20)21/h2-7H,8H2,1H3,(H,23,25). The van der Waals surface area contributed by atoms with Gasteiger partial charge in [0, 0.05) is 24.0 Å². The van der Waals surface area contributed by atoms with Crippen molar-refractivity contribution in [2.24, 2.45) is 0 Å². The molecule has 0 bridgehead atoms. The first kappa shape index (κ1) is 20.0. The lowest BCUT2D eigenvalue weighted by molar-refractivity contribution is -0.137. The highest BCUT2D eigenvalue weighted by atomic mass is 35.5. The third-order valence-corrected chi connectivity index (χ3v) is 3.79. The number of hydrogen-bond acceptors (Lipinski definition) is 3. The van der Waals surface area contributed by atoms with Gasteiger partial charge < -0.3 is 10.2 Å². The second-order valence-electron chi connectivity index (χ2n) is 5.26. The molecule has 0 aliphatic rings. The topological polar surface area (TPSA) is 62.3 Å². The van der Waals surface area contributed by atoms with Gasteiger partial charge in [-0.05, 0) is 30.3 Å². The average Bonchev–Trinajstić information content (AvgIpc) is 2.54. The summed E-state index contributed by atoms with van der Waals surface area (Å²) in [6, 6.07) is 5.82. The number of anilines is 1. The van der Waals surface area contributed by atoms with Crippen LogP contribution >= 0.6 is 23.2 Å². The fourth-order valence-electron chi connectivity index (χ4n) is 2.03.